The SMILES string of the molecule is NC(=O)c1cc2c([nH]1)C=CCC(Cl)=C2.OCC1CCCCC1. The van der Waals surface area contributed by atoms with Crippen LogP contribution < -0.4 is 5.73 Å². The van der Waals surface area contributed by atoms with Crippen molar-refractivity contribution in [2.24, 2.45) is 11.7 Å². The van der Waals surface area contributed by atoms with Gasteiger partial charge in [0.2, 0.25) is 0 Å². The van der Waals surface area contributed by atoms with Gasteiger partial charge < -0.3 is 15.8 Å². The largest absolute Gasteiger partial charge is 0.396 e. The van der Waals surface area contributed by atoms with Gasteiger partial charge in [-0.1, -0.05) is 36.9 Å². The van der Waals surface area contributed by atoms with Crippen LogP contribution in [0.4, 0.5) is 0 Å². The fourth-order valence-corrected chi connectivity index (χ4v) is 2.97. The number of carbonyl (C=O) groups excluding carboxylic acids is 1. The van der Waals surface area contributed by atoms with Crippen molar-refractivity contribution in [2.45, 2.75) is 38.5 Å². The molecule has 2 aliphatic carbocycles. The Labute approximate surface area is 136 Å². The van der Waals surface area contributed by atoms with E-state index >= 15 is 0 Å². The number of amides is 1. The fraction of sp³-hybridized carbons (Fsp3) is 0.471. The Kier molecular flexibility index (Phi) is 6.28. The smallest absolute Gasteiger partial charge is 0.265 e. The second kappa shape index (κ2) is 8.20. The number of nitrogens with one attached hydrogen (secondary N) is 1. The molecule has 1 fully saturated rings. The summed E-state index contributed by atoms with van der Waals surface area (Å²) < 4.78 is 0. The highest BCUT2D eigenvalue weighted by Gasteiger charge is 2.11. The topological polar surface area (TPSA) is 79.1 Å². The van der Waals surface area contributed by atoms with E-state index < -0.39 is 5.91 Å². The minimum absolute atomic E-state index is 0.405. The number of aromatic amines is 1. The lowest BCUT2D eigenvalue weighted by Gasteiger charge is -2.18. The van der Waals surface area contributed by atoms with Gasteiger partial charge in [-0.3, -0.25) is 4.79 Å². The number of aliphatic hydroxyl groups excluding tert-OH is 1. The molecule has 1 amide bonds. The Morgan fingerprint density at radius 1 is 1.36 bits per heavy atom. The third kappa shape index (κ3) is 4.75. The zero-order chi connectivity index (χ0) is 15.9. The maximum Gasteiger partial charge on any atom is 0.265 e. The van der Waals surface area contributed by atoms with E-state index in [4.69, 9.17) is 22.4 Å². The van der Waals surface area contributed by atoms with E-state index in [-0.39, 0.29) is 0 Å². The molecule has 1 aromatic rings. The highest BCUT2D eigenvalue weighted by Crippen LogP contribution is 2.24. The van der Waals surface area contributed by atoms with Crippen LogP contribution in [0.2, 0.25) is 0 Å². The Balaban J connectivity index is 0.000000188. The van der Waals surface area contributed by atoms with Gasteiger partial charge in [0.15, 0.2) is 0 Å². The predicted molar refractivity (Wildman–Crippen MR) is 90.5 cm³/mol. The summed E-state index contributed by atoms with van der Waals surface area (Å²) >= 11 is 5.92. The molecule has 0 atom stereocenters. The number of carbonyl (C=O) groups is 1. The predicted octanol–water partition coefficient (Wildman–Crippen LogP) is 3.67. The van der Waals surface area contributed by atoms with Gasteiger partial charge in [0, 0.05) is 29.3 Å². The second-order valence-electron chi connectivity index (χ2n) is 5.80. The van der Waals surface area contributed by atoms with Crippen molar-refractivity contribution in [3.63, 3.8) is 0 Å². The lowest BCUT2D eigenvalue weighted by Crippen LogP contribution is -2.11. The number of H-pyrrole nitrogens is 1. The highest BCUT2D eigenvalue weighted by molar-refractivity contribution is 6.31. The van der Waals surface area contributed by atoms with Gasteiger partial charge in [-0.2, -0.15) is 0 Å². The van der Waals surface area contributed by atoms with Crippen LogP contribution in [0.1, 0.15) is 60.3 Å². The van der Waals surface area contributed by atoms with Crippen molar-refractivity contribution in [1.29, 1.82) is 0 Å². The first-order valence-corrected chi connectivity index (χ1v) is 8.14. The molecule has 3 rings (SSSR count). The summed E-state index contributed by atoms with van der Waals surface area (Å²) in [5.41, 5.74) is 7.33. The van der Waals surface area contributed by atoms with E-state index in [0.29, 0.717) is 18.2 Å². The lowest BCUT2D eigenvalue weighted by molar-refractivity contribution is 0.0996. The number of nitrogens with two attached hydrogens (primary N) is 1. The summed E-state index contributed by atoms with van der Waals surface area (Å²) in [4.78, 5) is 13.8. The minimum atomic E-state index is -0.462. The van der Waals surface area contributed by atoms with Crippen LogP contribution in [0.25, 0.3) is 12.2 Å². The molecule has 4 N–H and O–H groups in total. The second-order valence-corrected chi connectivity index (χ2v) is 6.29. The number of allylic oxidation sites excluding steroid dienone is 2. The first kappa shape index (κ1) is 16.8. The Morgan fingerprint density at radius 3 is 2.68 bits per heavy atom. The molecule has 120 valence electrons. The molecule has 0 bridgehead atoms. The summed E-state index contributed by atoms with van der Waals surface area (Å²) in [5, 5.41) is 9.44. The average molecular weight is 323 g/mol. The first-order valence-electron chi connectivity index (χ1n) is 7.76. The molecule has 4 nitrogen and oxygen atoms in total. The minimum Gasteiger partial charge on any atom is -0.396 e. The van der Waals surface area contributed by atoms with Crippen LogP contribution in [0, 0.1) is 5.92 Å². The van der Waals surface area contributed by atoms with E-state index in [1.807, 2.05) is 18.2 Å². The quantitative estimate of drug-likeness (QED) is 0.776. The molecule has 1 saturated carbocycles. The zero-order valence-corrected chi connectivity index (χ0v) is 13.4. The van der Waals surface area contributed by atoms with Crippen molar-refractivity contribution in [2.75, 3.05) is 6.61 Å². The van der Waals surface area contributed by atoms with Crippen molar-refractivity contribution >= 4 is 29.7 Å². The molecule has 0 unspecified atom stereocenters. The highest BCUT2D eigenvalue weighted by atomic mass is 35.5. The Bertz CT molecular complexity index is 569. The maximum absolute atomic E-state index is 10.9. The zero-order valence-electron chi connectivity index (χ0n) is 12.6. The number of rotatable bonds is 2. The summed E-state index contributed by atoms with van der Waals surface area (Å²) in [6.07, 6.45) is 13.0. The Morgan fingerprint density at radius 2 is 2.09 bits per heavy atom. The van der Waals surface area contributed by atoms with Gasteiger partial charge in [-0.15, -0.1) is 0 Å². The van der Waals surface area contributed by atoms with E-state index in [1.54, 1.807) is 6.07 Å². The van der Waals surface area contributed by atoms with Crippen molar-refractivity contribution in [3.05, 3.63) is 34.1 Å². The molecule has 0 aromatic carbocycles. The van der Waals surface area contributed by atoms with Gasteiger partial charge in [-0.25, -0.2) is 0 Å². The number of hydrogen-bond acceptors (Lipinski definition) is 2. The van der Waals surface area contributed by atoms with Crippen LogP contribution in [0.3, 0.4) is 0 Å². The normalized spacial score (nSPS) is 17.8. The number of halogens is 1. The van der Waals surface area contributed by atoms with Crippen LogP contribution in [-0.4, -0.2) is 22.6 Å². The van der Waals surface area contributed by atoms with Crippen LogP contribution in [0.15, 0.2) is 17.2 Å². The van der Waals surface area contributed by atoms with E-state index in [9.17, 15) is 4.79 Å². The average Bonchev–Trinajstić information content (AvgIpc) is 2.84. The van der Waals surface area contributed by atoms with Crippen molar-refractivity contribution < 1.29 is 9.90 Å². The van der Waals surface area contributed by atoms with Crippen LogP contribution in [-0.2, 0) is 0 Å². The molecule has 0 radical (unpaired) electrons. The molecule has 0 aliphatic heterocycles. The number of primary amides is 1. The first-order chi connectivity index (χ1) is 10.6. The molecule has 22 heavy (non-hydrogen) atoms. The van der Waals surface area contributed by atoms with E-state index in [2.05, 4.69) is 4.98 Å². The number of aromatic nitrogens is 1. The third-order valence-electron chi connectivity index (χ3n) is 4.04. The number of fused-ring (bicyclic) bond motifs is 1. The van der Waals surface area contributed by atoms with Gasteiger partial charge in [0.25, 0.3) is 5.91 Å². The van der Waals surface area contributed by atoms with Crippen molar-refractivity contribution in [3.8, 4) is 0 Å². The van der Waals surface area contributed by atoms with E-state index in [1.165, 1.54) is 32.1 Å². The summed E-state index contributed by atoms with van der Waals surface area (Å²) in [6, 6.07) is 1.70. The monoisotopic (exact) mass is 322 g/mol. The summed E-state index contributed by atoms with van der Waals surface area (Å²) in [5.74, 6) is 0.180. The van der Waals surface area contributed by atoms with Gasteiger partial charge in [-0.05, 0) is 37.0 Å². The van der Waals surface area contributed by atoms with Gasteiger partial charge >= 0.3 is 0 Å². The summed E-state index contributed by atoms with van der Waals surface area (Å²) in [6.45, 7) is 0.417. The fourth-order valence-electron chi connectivity index (χ4n) is 2.76. The molecular weight excluding hydrogens is 300 g/mol. The van der Waals surface area contributed by atoms with Gasteiger partial charge in [0.05, 0.1) is 0 Å². The molecule has 0 spiro atoms. The van der Waals surface area contributed by atoms with Crippen molar-refractivity contribution in [1.82, 2.24) is 4.98 Å². The molecular formula is C17H23ClN2O2. The third-order valence-corrected chi connectivity index (χ3v) is 4.30. The van der Waals surface area contributed by atoms with Crippen LogP contribution >= 0.6 is 11.6 Å². The molecule has 1 heterocycles. The molecule has 0 saturated heterocycles. The number of aliphatic hydroxyl groups is 1. The lowest BCUT2D eigenvalue weighted by atomic mass is 9.90. The molecule has 2 aliphatic rings. The van der Waals surface area contributed by atoms with E-state index in [0.717, 1.165) is 22.7 Å². The van der Waals surface area contributed by atoms with Gasteiger partial charge in [0.1, 0.15) is 5.69 Å². The standard InChI is InChI=1S/C10H9ClN2O.C7H14O/c11-7-2-1-3-8-6(4-7)5-9(13-8)10(12)14;8-6-7-4-2-1-3-5-7/h1,3-5,13H,2H2,(H2,12,14);7-8H,1-6H2. The molecule has 5 heteroatoms. The number of hydrogen-bond donors (Lipinski definition) is 3. The maximum atomic E-state index is 10.9. The molecule has 1 aromatic heterocycles. The van der Waals surface area contributed by atoms with Crippen LogP contribution in [0.5, 0.6) is 0 Å². The Hall–Kier alpha value is -1.52. The summed E-state index contributed by atoms with van der Waals surface area (Å²) in [7, 11) is 0.